The van der Waals surface area contributed by atoms with Crippen LogP contribution in [-0.4, -0.2) is 5.11 Å². The summed E-state index contributed by atoms with van der Waals surface area (Å²) < 4.78 is 0. The maximum absolute atomic E-state index is 8.81. The van der Waals surface area contributed by atoms with Crippen molar-refractivity contribution in [1.82, 2.24) is 0 Å². The van der Waals surface area contributed by atoms with Crippen LogP contribution >= 0.6 is 0 Å². The van der Waals surface area contributed by atoms with Crippen LogP contribution in [0.5, 0.6) is 5.75 Å². The summed E-state index contributed by atoms with van der Waals surface area (Å²) in [6.45, 7) is 1.94. The van der Waals surface area contributed by atoms with Gasteiger partial charge in [0.2, 0.25) is 0 Å². The molecule has 0 aliphatic carbocycles. The van der Waals surface area contributed by atoms with Gasteiger partial charge in [0.05, 0.1) is 0 Å². The fourth-order valence-electron chi connectivity index (χ4n) is 0.628. The molecule has 1 rings (SSSR count). The molecular formula is C7H8OZn. The first-order valence-electron chi connectivity index (χ1n) is 2.54. The van der Waals surface area contributed by atoms with Crippen molar-refractivity contribution in [3.8, 4) is 5.75 Å². The molecule has 0 aromatic heterocycles. The number of benzene rings is 1. The second-order valence-corrected chi connectivity index (χ2v) is 1.84. The van der Waals surface area contributed by atoms with Gasteiger partial charge >= 0.3 is 0 Å². The molecule has 0 aliphatic rings. The van der Waals surface area contributed by atoms with E-state index in [0.29, 0.717) is 5.75 Å². The van der Waals surface area contributed by atoms with E-state index in [0.717, 1.165) is 5.56 Å². The molecule has 1 N–H and O–H groups in total. The molecular weight excluding hydrogens is 165 g/mol. The molecule has 0 heterocycles. The van der Waals surface area contributed by atoms with Gasteiger partial charge in [0.1, 0.15) is 5.75 Å². The van der Waals surface area contributed by atoms with Crippen molar-refractivity contribution < 1.29 is 24.6 Å². The number of aromatic hydroxyl groups is 1. The predicted octanol–water partition coefficient (Wildman–Crippen LogP) is 1.70. The summed E-state index contributed by atoms with van der Waals surface area (Å²) in [6.07, 6.45) is 0. The Bertz CT molecular complexity index is 169. The summed E-state index contributed by atoms with van der Waals surface area (Å²) in [5.74, 6) is 0.338. The average Bonchev–Trinajstić information content (AvgIpc) is 1.64. The molecule has 0 aliphatic heterocycles. The van der Waals surface area contributed by atoms with Crippen LogP contribution in [0, 0.1) is 6.92 Å². The van der Waals surface area contributed by atoms with Gasteiger partial charge in [-0.3, -0.25) is 0 Å². The maximum Gasteiger partial charge on any atom is 0.115 e. The van der Waals surface area contributed by atoms with E-state index in [-0.39, 0.29) is 19.5 Å². The Morgan fingerprint density at radius 1 is 1.33 bits per heavy atom. The topological polar surface area (TPSA) is 20.2 Å². The van der Waals surface area contributed by atoms with E-state index in [2.05, 4.69) is 0 Å². The third-order valence-electron chi connectivity index (χ3n) is 1.00. The van der Waals surface area contributed by atoms with Crippen molar-refractivity contribution in [2.45, 2.75) is 6.92 Å². The number of aryl methyl sites for hydroxylation is 1. The van der Waals surface area contributed by atoms with Gasteiger partial charge in [0, 0.05) is 19.5 Å². The molecule has 0 saturated carbocycles. The van der Waals surface area contributed by atoms with Crippen LogP contribution in [0.1, 0.15) is 5.56 Å². The minimum Gasteiger partial charge on any atom is -0.508 e. The molecule has 44 valence electrons. The first-order chi connectivity index (χ1) is 3.79. The van der Waals surface area contributed by atoms with Crippen LogP contribution in [0.2, 0.25) is 0 Å². The van der Waals surface area contributed by atoms with E-state index in [4.69, 9.17) is 5.11 Å². The molecule has 0 unspecified atom stereocenters. The molecule has 0 fully saturated rings. The first-order valence-corrected chi connectivity index (χ1v) is 2.54. The quantitative estimate of drug-likeness (QED) is 0.592. The van der Waals surface area contributed by atoms with E-state index in [1.807, 2.05) is 19.1 Å². The molecule has 1 aromatic carbocycles. The standard InChI is InChI=1S/C7H8O.Zn/c1-6-3-2-4-7(8)5-6;/h2-5,8H,1H3;. The molecule has 0 spiro atoms. The molecule has 0 bridgehead atoms. The van der Waals surface area contributed by atoms with Gasteiger partial charge in [-0.1, -0.05) is 12.1 Å². The maximum atomic E-state index is 8.81. The zero-order valence-corrected chi connectivity index (χ0v) is 8.43. The monoisotopic (exact) mass is 172 g/mol. The Morgan fingerprint density at radius 3 is 2.33 bits per heavy atom. The normalized spacial score (nSPS) is 8.11. The van der Waals surface area contributed by atoms with Crippen LogP contribution in [0.3, 0.4) is 0 Å². The molecule has 1 nitrogen and oxygen atoms in total. The minimum absolute atomic E-state index is 0. The zero-order chi connectivity index (χ0) is 5.98. The number of phenols is 1. The van der Waals surface area contributed by atoms with E-state index in [1.165, 1.54) is 0 Å². The SMILES string of the molecule is Cc1cccc(O)c1.[Zn]. The average molecular weight is 174 g/mol. The van der Waals surface area contributed by atoms with E-state index < -0.39 is 0 Å². The van der Waals surface area contributed by atoms with Crippen molar-refractivity contribution in [3.05, 3.63) is 29.8 Å². The number of hydrogen-bond acceptors (Lipinski definition) is 1. The van der Waals surface area contributed by atoms with Crippen molar-refractivity contribution in [3.63, 3.8) is 0 Å². The molecule has 0 atom stereocenters. The van der Waals surface area contributed by atoms with Gasteiger partial charge in [-0.05, 0) is 24.6 Å². The second kappa shape index (κ2) is 3.63. The Balaban J connectivity index is 0.000000640. The number of phenolic OH excluding ortho intramolecular Hbond substituents is 1. The molecule has 0 saturated heterocycles. The predicted molar refractivity (Wildman–Crippen MR) is 32.8 cm³/mol. The summed E-state index contributed by atoms with van der Waals surface area (Å²) in [4.78, 5) is 0. The van der Waals surface area contributed by atoms with Gasteiger partial charge < -0.3 is 5.11 Å². The summed E-state index contributed by atoms with van der Waals surface area (Å²) in [5, 5.41) is 8.81. The van der Waals surface area contributed by atoms with Crippen LogP contribution in [0.4, 0.5) is 0 Å². The van der Waals surface area contributed by atoms with Gasteiger partial charge in [0.15, 0.2) is 0 Å². The largest absolute Gasteiger partial charge is 0.508 e. The van der Waals surface area contributed by atoms with E-state index in [1.54, 1.807) is 12.1 Å². The molecule has 2 heteroatoms. The van der Waals surface area contributed by atoms with Crippen molar-refractivity contribution in [1.29, 1.82) is 0 Å². The molecule has 1 aromatic rings. The van der Waals surface area contributed by atoms with Gasteiger partial charge in [-0.15, -0.1) is 0 Å². The molecule has 0 radical (unpaired) electrons. The summed E-state index contributed by atoms with van der Waals surface area (Å²) in [6, 6.07) is 7.15. The Hall–Kier alpha value is -0.357. The van der Waals surface area contributed by atoms with E-state index in [9.17, 15) is 0 Å². The number of rotatable bonds is 0. The third kappa shape index (κ3) is 2.62. The molecule has 0 amide bonds. The summed E-state index contributed by atoms with van der Waals surface area (Å²) in [5.41, 5.74) is 1.09. The van der Waals surface area contributed by atoms with Crippen molar-refractivity contribution >= 4 is 0 Å². The van der Waals surface area contributed by atoms with Gasteiger partial charge in [-0.2, -0.15) is 0 Å². The van der Waals surface area contributed by atoms with Gasteiger partial charge in [0.25, 0.3) is 0 Å². The fraction of sp³-hybridized carbons (Fsp3) is 0.143. The van der Waals surface area contributed by atoms with Crippen LogP contribution in [0.25, 0.3) is 0 Å². The number of hydrogen-bond donors (Lipinski definition) is 1. The van der Waals surface area contributed by atoms with Crippen LogP contribution < -0.4 is 0 Å². The Labute approximate surface area is 67.5 Å². The summed E-state index contributed by atoms with van der Waals surface area (Å²) >= 11 is 0. The fourth-order valence-corrected chi connectivity index (χ4v) is 0.628. The first kappa shape index (κ1) is 8.64. The zero-order valence-electron chi connectivity index (χ0n) is 5.46. The summed E-state index contributed by atoms with van der Waals surface area (Å²) in [7, 11) is 0. The Kier molecular flexibility index (Phi) is 3.48. The van der Waals surface area contributed by atoms with Crippen molar-refractivity contribution in [2.75, 3.05) is 0 Å². The van der Waals surface area contributed by atoms with Crippen LogP contribution in [0.15, 0.2) is 24.3 Å². The van der Waals surface area contributed by atoms with Crippen molar-refractivity contribution in [2.24, 2.45) is 0 Å². The van der Waals surface area contributed by atoms with E-state index >= 15 is 0 Å². The molecule has 9 heavy (non-hydrogen) atoms. The van der Waals surface area contributed by atoms with Crippen LogP contribution in [-0.2, 0) is 19.5 Å². The smallest absolute Gasteiger partial charge is 0.115 e. The second-order valence-electron chi connectivity index (χ2n) is 1.84. The Morgan fingerprint density at radius 2 is 2.00 bits per heavy atom. The van der Waals surface area contributed by atoms with Gasteiger partial charge in [-0.25, -0.2) is 0 Å². The minimum atomic E-state index is 0. The third-order valence-corrected chi connectivity index (χ3v) is 1.00.